The van der Waals surface area contributed by atoms with Crippen LogP contribution < -0.4 is 0 Å². The Morgan fingerprint density at radius 3 is 2.80 bits per heavy atom. The standard InChI is InChI=1S/C23H20F3N3O/c1-2-19(25)18-9-14(24)7-13(11-27)16(18)8-12-3-4-15(21-5-6-28-29-21)22-17(12)10-20(26)23(22)30/h3-7,9,19-20,23,30H,2,8,10H2,1H3,(H,28,29). The minimum atomic E-state index is -1.46. The van der Waals surface area contributed by atoms with Crippen molar-refractivity contribution in [2.45, 2.75) is 44.6 Å². The maximum Gasteiger partial charge on any atom is 0.134 e. The van der Waals surface area contributed by atoms with Crippen molar-refractivity contribution in [3.63, 3.8) is 0 Å². The fraction of sp³-hybridized carbons (Fsp3) is 0.304. The zero-order chi connectivity index (χ0) is 21.4. The lowest BCUT2D eigenvalue weighted by atomic mass is 9.88. The van der Waals surface area contributed by atoms with Crippen molar-refractivity contribution in [2.24, 2.45) is 0 Å². The zero-order valence-electron chi connectivity index (χ0n) is 16.3. The first-order chi connectivity index (χ1) is 14.4. The number of aliphatic hydroxyl groups excluding tert-OH is 1. The van der Waals surface area contributed by atoms with Crippen molar-refractivity contribution in [3.8, 4) is 17.3 Å². The van der Waals surface area contributed by atoms with Crippen molar-refractivity contribution < 1.29 is 18.3 Å². The second kappa shape index (κ2) is 7.96. The highest BCUT2D eigenvalue weighted by Gasteiger charge is 2.35. The van der Waals surface area contributed by atoms with Gasteiger partial charge in [0.25, 0.3) is 0 Å². The monoisotopic (exact) mass is 411 g/mol. The Balaban J connectivity index is 1.86. The minimum absolute atomic E-state index is 0.0130. The zero-order valence-corrected chi connectivity index (χ0v) is 16.3. The molecule has 30 heavy (non-hydrogen) atoms. The Morgan fingerprint density at radius 2 is 2.13 bits per heavy atom. The normalized spacial score (nSPS) is 18.8. The van der Waals surface area contributed by atoms with Crippen LogP contribution in [0.4, 0.5) is 13.2 Å². The van der Waals surface area contributed by atoms with E-state index in [-0.39, 0.29) is 30.4 Å². The summed E-state index contributed by atoms with van der Waals surface area (Å²) in [5.41, 5.74) is 3.67. The SMILES string of the molecule is CCC(F)c1cc(F)cc(C#N)c1Cc1ccc(-c2ccn[nH]2)c2c1CC(F)C2O. The van der Waals surface area contributed by atoms with Crippen LogP contribution in [0.15, 0.2) is 36.5 Å². The number of nitriles is 1. The summed E-state index contributed by atoms with van der Waals surface area (Å²) < 4.78 is 43.0. The number of nitrogens with zero attached hydrogens (tertiary/aromatic N) is 2. The van der Waals surface area contributed by atoms with Crippen LogP contribution in [0.5, 0.6) is 0 Å². The third-order valence-electron chi connectivity index (χ3n) is 5.72. The van der Waals surface area contributed by atoms with E-state index in [1.165, 1.54) is 0 Å². The van der Waals surface area contributed by atoms with Crippen molar-refractivity contribution in [1.29, 1.82) is 5.26 Å². The van der Waals surface area contributed by atoms with Crippen molar-refractivity contribution in [2.75, 3.05) is 0 Å². The number of benzene rings is 2. The molecule has 3 atom stereocenters. The topological polar surface area (TPSA) is 72.7 Å². The second-order valence-electron chi connectivity index (χ2n) is 7.49. The Bertz CT molecular complexity index is 1120. The lowest BCUT2D eigenvalue weighted by molar-refractivity contribution is 0.0929. The van der Waals surface area contributed by atoms with Crippen molar-refractivity contribution >= 4 is 0 Å². The molecule has 1 aliphatic rings. The summed E-state index contributed by atoms with van der Waals surface area (Å²) in [5.74, 6) is -0.666. The third kappa shape index (κ3) is 3.37. The van der Waals surface area contributed by atoms with Gasteiger partial charge in [-0.05, 0) is 58.9 Å². The fourth-order valence-electron chi connectivity index (χ4n) is 4.23. The van der Waals surface area contributed by atoms with Gasteiger partial charge in [0.1, 0.15) is 24.3 Å². The molecule has 0 bridgehead atoms. The summed E-state index contributed by atoms with van der Waals surface area (Å²) in [6, 6.07) is 9.43. The van der Waals surface area contributed by atoms with E-state index in [2.05, 4.69) is 10.2 Å². The van der Waals surface area contributed by atoms with E-state index in [4.69, 9.17) is 0 Å². The number of aromatic nitrogens is 2. The van der Waals surface area contributed by atoms with Gasteiger partial charge in [-0.2, -0.15) is 10.4 Å². The molecule has 2 N–H and O–H groups in total. The van der Waals surface area contributed by atoms with Crippen LogP contribution in [0, 0.1) is 17.1 Å². The number of aromatic amines is 1. The number of halogens is 3. The number of alkyl halides is 2. The molecule has 3 unspecified atom stereocenters. The van der Waals surface area contributed by atoms with Gasteiger partial charge in [-0.25, -0.2) is 13.2 Å². The summed E-state index contributed by atoms with van der Waals surface area (Å²) in [6.45, 7) is 1.65. The molecular weight excluding hydrogens is 391 g/mol. The summed E-state index contributed by atoms with van der Waals surface area (Å²) >= 11 is 0. The highest BCUT2D eigenvalue weighted by atomic mass is 19.1. The first kappa shape index (κ1) is 20.2. The smallest absolute Gasteiger partial charge is 0.134 e. The predicted molar refractivity (Wildman–Crippen MR) is 106 cm³/mol. The molecule has 0 aliphatic heterocycles. The number of H-pyrrole nitrogens is 1. The molecule has 1 aliphatic carbocycles. The molecule has 0 fully saturated rings. The van der Waals surface area contributed by atoms with Crippen molar-refractivity contribution in [3.05, 3.63) is 75.7 Å². The van der Waals surface area contributed by atoms with E-state index in [0.717, 1.165) is 12.1 Å². The van der Waals surface area contributed by atoms with E-state index in [1.54, 1.807) is 31.3 Å². The maximum absolute atomic E-state index is 14.6. The maximum atomic E-state index is 14.6. The van der Waals surface area contributed by atoms with Gasteiger partial charge >= 0.3 is 0 Å². The largest absolute Gasteiger partial charge is 0.385 e. The molecular formula is C23H20F3N3O. The molecule has 154 valence electrons. The number of hydrogen-bond donors (Lipinski definition) is 2. The number of hydrogen-bond acceptors (Lipinski definition) is 3. The van der Waals surface area contributed by atoms with E-state index in [1.807, 2.05) is 6.07 Å². The molecule has 4 nitrogen and oxygen atoms in total. The molecule has 4 rings (SSSR count). The van der Waals surface area contributed by atoms with Crippen LogP contribution in [-0.2, 0) is 12.8 Å². The third-order valence-corrected chi connectivity index (χ3v) is 5.72. The van der Waals surface area contributed by atoms with Gasteiger partial charge in [0, 0.05) is 18.2 Å². The average Bonchev–Trinajstić information content (AvgIpc) is 3.38. The summed E-state index contributed by atoms with van der Waals surface area (Å²) in [7, 11) is 0. The second-order valence-corrected chi connectivity index (χ2v) is 7.49. The summed E-state index contributed by atoms with van der Waals surface area (Å²) in [6.07, 6.45) is -2.30. The molecule has 7 heteroatoms. The summed E-state index contributed by atoms with van der Waals surface area (Å²) in [4.78, 5) is 0. The number of fused-ring (bicyclic) bond motifs is 1. The molecule has 1 aromatic heterocycles. The Hall–Kier alpha value is -3.11. The number of nitrogens with one attached hydrogen (secondary N) is 1. The van der Waals surface area contributed by atoms with Gasteiger partial charge in [0.2, 0.25) is 0 Å². The van der Waals surface area contributed by atoms with E-state index in [0.29, 0.717) is 33.5 Å². The highest BCUT2D eigenvalue weighted by Crippen LogP contribution is 2.42. The predicted octanol–water partition coefficient (Wildman–Crippen LogP) is 5.03. The summed E-state index contributed by atoms with van der Waals surface area (Å²) in [5, 5.41) is 26.7. The lowest BCUT2D eigenvalue weighted by Crippen LogP contribution is -2.07. The fourth-order valence-corrected chi connectivity index (χ4v) is 4.23. The Kier molecular flexibility index (Phi) is 5.35. The van der Waals surface area contributed by atoms with Gasteiger partial charge in [0.15, 0.2) is 0 Å². The number of aliphatic hydroxyl groups is 1. The Morgan fingerprint density at radius 1 is 1.33 bits per heavy atom. The first-order valence-electron chi connectivity index (χ1n) is 9.77. The molecule has 3 aromatic rings. The van der Waals surface area contributed by atoms with E-state index >= 15 is 0 Å². The van der Waals surface area contributed by atoms with Crippen LogP contribution in [0.1, 0.15) is 59.0 Å². The van der Waals surface area contributed by atoms with Crippen LogP contribution in [0.2, 0.25) is 0 Å². The van der Waals surface area contributed by atoms with Crippen LogP contribution in [0.3, 0.4) is 0 Å². The van der Waals surface area contributed by atoms with Crippen LogP contribution >= 0.6 is 0 Å². The quantitative estimate of drug-likeness (QED) is 0.619. The van der Waals surface area contributed by atoms with Gasteiger partial charge in [-0.3, -0.25) is 5.10 Å². The van der Waals surface area contributed by atoms with Gasteiger partial charge in [-0.1, -0.05) is 19.1 Å². The van der Waals surface area contributed by atoms with Crippen LogP contribution in [-0.4, -0.2) is 21.5 Å². The number of rotatable bonds is 5. The van der Waals surface area contributed by atoms with Gasteiger partial charge in [0.05, 0.1) is 17.3 Å². The first-order valence-corrected chi connectivity index (χ1v) is 9.77. The van der Waals surface area contributed by atoms with E-state index in [9.17, 15) is 23.5 Å². The van der Waals surface area contributed by atoms with Gasteiger partial charge < -0.3 is 5.11 Å². The van der Waals surface area contributed by atoms with Crippen molar-refractivity contribution in [1.82, 2.24) is 10.2 Å². The highest BCUT2D eigenvalue weighted by molar-refractivity contribution is 5.69. The minimum Gasteiger partial charge on any atom is -0.385 e. The molecule has 1 heterocycles. The molecule has 0 saturated carbocycles. The molecule has 0 radical (unpaired) electrons. The molecule has 0 spiro atoms. The lowest BCUT2D eigenvalue weighted by Gasteiger charge is -2.18. The molecule has 0 saturated heterocycles. The average molecular weight is 411 g/mol. The van der Waals surface area contributed by atoms with E-state index < -0.39 is 24.3 Å². The Labute approximate surface area is 172 Å². The van der Waals surface area contributed by atoms with Gasteiger partial charge in [-0.15, -0.1) is 0 Å². The molecule has 2 aromatic carbocycles. The van der Waals surface area contributed by atoms with Crippen LogP contribution in [0.25, 0.3) is 11.3 Å². The molecule has 0 amide bonds.